The summed E-state index contributed by atoms with van der Waals surface area (Å²) >= 11 is 5.14. The maximum absolute atomic E-state index is 4.63. The standard InChI is InChI=1S/C13H7BrN4S/c14-10-4-2-1-3-8(10)11-16-12-9-5-6-19-13(9)15-7-18(12)17-11/h1-7H. The van der Waals surface area contributed by atoms with Crippen molar-refractivity contribution in [3.63, 3.8) is 0 Å². The molecule has 0 N–H and O–H groups in total. The molecule has 0 saturated carbocycles. The SMILES string of the molecule is Brc1ccccc1-c1nc2c3ccsc3ncn2n1. The van der Waals surface area contributed by atoms with E-state index in [4.69, 9.17) is 0 Å². The molecule has 92 valence electrons. The molecule has 0 bridgehead atoms. The highest BCUT2D eigenvalue weighted by Crippen LogP contribution is 2.28. The topological polar surface area (TPSA) is 43.1 Å². The minimum absolute atomic E-state index is 0.702. The Morgan fingerprint density at radius 2 is 2.05 bits per heavy atom. The molecule has 4 rings (SSSR count). The van der Waals surface area contributed by atoms with Crippen LogP contribution in [0.5, 0.6) is 0 Å². The van der Waals surface area contributed by atoms with Crippen molar-refractivity contribution in [3.8, 4) is 11.4 Å². The van der Waals surface area contributed by atoms with E-state index in [0.29, 0.717) is 5.82 Å². The summed E-state index contributed by atoms with van der Waals surface area (Å²) in [7, 11) is 0. The van der Waals surface area contributed by atoms with Crippen LogP contribution in [0.2, 0.25) is 0 Å². The number of hydrogen-bond donors (Lipinski definition) is 0. The number of aromatic nitrogens is 4. The number of halogens is 1. The lowest BCUT2D eigenvalue weighted by Gasteiger charge is -1.96. The van der Waals surface area contributed by atoms with Gasteiger partial charge in [-0.25, -0.2) is 14.5 Å². The van der Waals surface area contributed by atoms with Crippen molar-refractivity contribution in [2.24, 2.45) is 0 Å². The van der Waals surface area contributed by atoms with E-state index in [1.165, 1.54) is 0 Å². The molecule has 0 aliphatic heterocycles. The van der Waals surface area contributed by atoms with Crippen molar-refractivity contribution in [2.45, 2.75) is 0 Å². The Morgan fingerprint density at radius 1 is 1.16 bits per heavy atom. The summed E-state index contributed by atoms with van der Waals surface area (Å²) in [6, 6.07) is 9.96. The Morgan fingerprint density at radius 3 is 2.95 bits per heavy atom. The predicted molar refractivity (Wildman–Crippen MR) is 79.3 cm³/mol. The van der Waals surface area contributed by atoms with Gasteiger partial charge in [-0.3, -0.25) is 0 Å². The van der Waals surface area contributed by atoms with Crippen molar-refractivity contribution in [1.82, 2.24) is 19.6 Å². The molecule has 0 aliphatic rings. The summed E-state index contributed by atoms with van der Waals surface area (Å²) < 4.78 is 2.71. The Kier molecular flexibility index (Phi) is 2.39. The van der Waals surface area contributed by atoms with Crippen LogP contribution in [0.1, 0.15) is 0 Å². The molecule has 0 aliphatic carbocycles. The first-order valence-electron chi connectivity index (χ1n) is 5.66. The second-order valence-electron chi connectivity index (χ2n) is 4.07. The minimum atomic E-state index is 0.702. The number of hydrogen-bond acceptors (Lipinski definition) is 4. The molecule has 0 saturated heterocycles. The molecule has 0 unspecified atom stereocenters. The molecule has 0 radical (unpaired) electrons. The molecule has 0 atom stereocenters. The molecule has 4 nitrogen and oxygen atoms in total. The fourth-order valence-corrected chi connectivity index (χ4v) is 3.21. The number of nitrogens with zero attached hydrogens (tertiary/aromatic N) is 4. The quantitative estimate of drug-likeness (QED) is 0.533. The zero-order valence-corrected chi connectivity index (χ0v) is 12.0. The van der Waals surface area contributed by atoms with E-state index in [-0.39, 0.29) is 0 Å². The van der Waals surface area contributed by atoms with E-state index >= 15 is 0 Å². The first-order valence-corrected chi connectivity index (χ1v) is 7.34. The molecule has 3 heterocycles. The van der Waals surface area contributed by atoms with Gasteiger partial charge in [-0.1, -0.05) is 28.1 Å². The van der Waals surface area contributed by atoms with Crippen LogP contribution in [0.25, 0.3) is 27.3 Å². The summed E-state index contributed by atoms with van der Waals surface area (Å²) in [5.41, 5.74) is 1.83. The number of fused-ring (bicyclic) bond motifs is 3. The summed E-state index contributed by atoms with van der Waals surface area (Å²) in [5, 5.41) is 7.55. The predicted octanol–water partition coefficient (Wildman–Crippen LogP) is 3.77. The largest absolute Gasteiger partial charge is 0.225 e. The van der Waals surface area contributed by atoms with Crippen LogP contribution in [0.4, 0.5) is 0 Å². The smallest absolute Gasteiger partial charge is 0.183 e. The third kappa shape index (κ3) is 1.67. The first kappa shape index (κ1) is 11.1. The highest BCUT2D eigenvalue weighted by Gasteiger charge is 2.12. The highest BCUT2D eigenvalue weighted by molar-refractivity contribution is 9.10. The lowest BCUT2D eigenvalue weighted by atomic mass is 10.2. The third-order valence-corrected chi connectivity index (χ3v) is 4.43. The highest BCUT2D eigenvalue weighted by atomic mass is 79.9. The summed E-state index contributed by atoms with van der Waals surface area (Å²) in [6.07, 6.45) is 1.71. The van der Waals surface area contributed by atoms with Crippen LogP contribution in [-0.4, -0.2) is 19.6 Å². The second-order valence-corrected chi connectivity index (χ2v) is 5.82. The maximum atomic E-state index is 4.63. The van der Waals surface area contributed by atoms with Gasteiger partial charge in [-0.15, -0.1) is 16.4 Å². The molecule has 0 fully saturated rings. The van der Waals surface area contributed by atoms with Gasteiger partial charge in [-0.05, 0) is 23.6 Å². The molecule has 4 aromatic rings. The first-order chi connectivity index (χ1) is 9.33. The van der Waals surface area contributed by atoms with Crippen LogP contribution >= 0.6 is 27.3 Å². The molecule has 0 amide bonds. The van der Waals surface area contributed by atoms with Crippen molar-refractivity contribution < 1.29 is 0 Å². The van der Waals surface area contributed by atoms with Gasteiger partial charge in [0.25, 0.3) is 0 Å². The van der Waals surface area contributed by atoms with Crippen LogP contribution < -0.4 is 0 Å². The van der Waals surface area contributed by atoms with E-state index in [1.54, 1.807) is 22.2 Å². The van der Waals surface area contributed by atoms with Crippen LogP contribution in [0.3, 0.4) is 0 Å². The van der Waals surface area contributed by atoms with Gasteiger partial charge in [-0.2, -0.15) is 0 Å². The Bertz CT molecular complexity index is 896. The lowest BCUT2D eigenvalue weighted by Crippen LogP contribution is -1.89. The van der Waals surface area contributed by atoms with E-state index in [2.05, 4.69) is 31.0 Å². The Labute approximate surface area is 120 Å². The minimum Gasteiger partial charge on any atom is -0.225 e. The fourth-order valence-electron chi connectivity index (χ4n) is 2.02. The summed E-state index contributed by atoms with van der Waals surface area (Å²) in [4.78, 5) is 9.98. The number of benzene rings is 1. The Hall–Kier alpha value is -1.79. The van der Waals surface area contributed by atoms with E-state index in [0.717, 1.165) is 25.9 Å². The zero-order valence-electron chi connectivity index (χ0n) is 9.62. The van der Waals surface area contributed by atoms with E-state index in [1.807, 2.05) is 35.7 Å². The van der Waals surface area contributed by atoms with Gasteiger partial charge >= 0.3 is 0 Å². The molecular formula is C13H7BrN4S. The zero-order chi connectivity index (χ0) is 12.8. The van der Waals surface area contributed by atoms with Crippen LogP contribution in [-0.2, 0) is 0 Å². The van der Waals surface area contributed by atoms with Gasteiger partial charge in [0.1, 0.15) is 11.2 Å². The third-order valence-electron chi connectivity index (χ3n) is 2.92. The van der Waals surface area contributed by atoms with Gasteiger partial charge in [0, 0.05) is 10.0 Å². The van der Waals surface area contributed by atoms with Gasteiger partial charge in [0.05, 0.1) is 5.39 Å². The van der Waals surface area contributed by atoms with Crippen molar-refractivity contribution in [2.75, 3.05) is 0 Å². The van der Waals surface area contributed by atoms with Crippen LogP contribution in [0, 0.1) is 0 Å². The average molecular weight is 331 g/mol. The molecule has 0 spiro atoms. The van der Waals surface area contributed by atoms with E-state index in [9.17, 15) is 0 Å². The normalized spacial score (nSPS) is 11.4. The fraction of sp³-hybridized carbons (Fsp3) is 0. The molecule has 3 aromatic heterocycles. The summed E-state index contributed by atoms with van der Waals surface area (Å²) in [6.45, 7) is 0. The Balaban J connectivity index is 2.04. The number of thiophene rings is 1. The van der Waals surface area contributed by atoms with E-state index < -0.39 is 0 Å². The molecule has 1 aromatic carbocycles. The summed E-state index contributed by atoms with van der Waals surface area (Å²) in [5.74, 6) is 0.702. The van der Waals surface area contributed by atoms with Gasteiger partial charge in [0.2, 0.25) is 0 Å². The second kappa shape index (κ2) is 4.11. The van der Waals surface area contributed by atoms with Crippen molar-refractivity contribution in [1.29, 1.82) is 0 Å². The maximum Gasteiger partial charge on any atom is 0.183 e. The molecule has 6 heteroatoms. The van der Waals surface area contributed by atoms with Gasteiger partial charge in [0.15, 0.2) is 11.5 Å². The lowest BCUT2D eigenvalue weighted by molar-refractivity contribution is 0.939. The van der Waals surface area contributed by atoms with Crippen molar-refractivity contribution >= 4 is 43.1 Å². The molecule has 19 heavy (non-hydrogen) atoms. The average Bonchev–Trinajstić information content (AvgIpc) is 3.04. The van der Waals surface area contributed by atoms with Crippen molar-refractivity contribution in [3.05, 3.63) is 46.5 Å². The molecular weight excluding hydrogens is 324 g/mol. The van der Waals surface area contributed by atoms with Gasteiger partial charge < -0.3 is 0 Å². The van der Waals surface area contributed by atoms with Crippen LogP contribution in [0.15, 0.2) is 46.5 Å². The monoisotopic (exact) mass is 330 g/mol. The number of rotatable bonds is 1.